The number of hydrogen-bond acceptors (Lipinski definition) is 3. The normalized spacial score (nSPS) is 29.0. The van der Waals surface area contributed by atoms with Gasteiger partial charge < -0.3 is 15.5 Å². The molecule has 2 heterocycles. The number of rotatable bonds is 6. The summed E-state index contributed by atoms with van der Waals surface area (Å²) in [6.07, 6.45) is 8.22. The Morgan fingerprint density at radius 3 is 2.67 bits per heavy atom. The van der Waals surface area contributed by atoms with Crippen molar-refractivity contribution in [2.75, 3.05) is 32.7 Å². The van der Waals surface area contributed by atoms with E-state index in [-0.39, 0.29) is 17.4 Å². The van der Waals surface area contributed by atoms with Crippen molar-refractivity contribution in [3.8, 4) is 0 Å². The van der Waals surface area contributed by atoms with Crippen LogP contribution < -0.4 is 10.6 Å². The Morgan fingerprint density at radius 2 is 2.05 bits per heavy atom. The molecule has 0 aromatic carbocycles. The van der Waals surface area contributed by atoms with E-state index in [0.717, 1.165) is 45.3 Å². The van der Waals surface area contributed by atoms with Gasteiger partial charge in [0.05, 0.1) is 5.41 Å². The first-order valence-electron chi connectivity index (χ1n) is 8.90. The summed E-state index contributed by atoms with van der Waals surface area (Å²) in [6.45, 7) is 9.64. The van der Waals surface area contributed by atoms with Gasteiger partial charge in [-0.05, 0) is 58.7 Å². The van der Waals surface area contributed by atoms with Crippen LogP contribution in [-0.2, 0) is 4.79 Å². The van der Waals surface area contributed by atoms with Gasteiger partial charge in [0.1, 0.15) is 0 Å². The number of piperidine rings is 2. The van der Waals surface area contributed by atoms with E-state index in [0.29, 0.717) is 0 Å². The molecule has 2 N–H and O–H groups in total. The van der Waals surface area contributed by atoms with E-state index in [4.69, 9.17) is 0 Å². The first kappa shape index (κ1) is 16.8. The van der Waals surface area contributed by atoms with Crippen LogP contribution in [0.4, 0.5) is 0 Å². The fourth-order valence-electron chi connectivity index (χ4n) is 3.92. The number of hydrogen-bond donors (Lipinski definition) is 2. The Hall–Kier alpha value is -0.610. The zero-order valence-electron chi connectivity index (χ0n) is 13.9. The Labute approximate surface area is 130 Å². The molecule has 4 heteroatoms. The van der Waals surface area contributed by atoms with Gasteiger partial charge >= 0.3 is 0 Å². The molecule has 0 radical (unpaired) electrons. The Balaban J connectivity index is 1.85. The van der Waals surface area contributed by atoms with E-state index in [1.54, 1.807) is 0 Å². The summed E-state index contributed by atoms with van der Waals surface area (Å²) in [6, 6.07) is 0.256. The van der Waals surface area contributed by atoms with Crippen LogP contribution in [0.15, 0.2) is 0 Å². The molecule has 0 aliphatic carbocycles. The highest BCUT2D eigenvalue weighted by Gasteiger charge is 2.39. The van der Waals surface area contributed by atoms with Crippen LogP contribution in [0.5, 0.6) is 0 Å². The van der Waals surface area contributed by atoms with Gasteiger partial charge in [0.15, 0.2) is 0 Å². The van der Waals surface area contributed by atoms with Crippen molar-refractivity contribution in [2.45, 2.75) is 64.8 Å². The number of nitrogens with one attached hydrogen (secondary N) is 2. The average Bonchev–Trinajstić information content (AvgIpc) is 2.49. The second kappa shape index (κ2) is 8.14. The molecule has 2 fully saturated rings. The van der Waals surface area contributed by atoms with E-state index in [9.17, 15) is 4.79 Å². The van der Waals surface area contributed by atoms with Crippen LogP contribution in [0.3, 0.4) is 0 Å². The summed E-state index contributed by atoms with van der Waals surface area (Å²) < 4.78 is 0. The maximum atomic E-state index is 12.8. The largest absolute Gasteiger partial charge is 0.352 e. The maximum Gasteiger partial charge on any atom is 0.227 e. The smallest absolute Gasteiger partial charge is 0.227 e. The zero-order chi connectivity index (χ0) is 15.1. The van der Waals surface area contributed by atoms with E-state index in [2.05, 4.69) is 29.4 Å². The van der Waals surface area contributed by atoms with Gasteiger partial charge in [-0.1, -0.05) is 19.8 Å². The lowest BCUT2D eigenvalue weighted by Gasteiger charge is -2.38. The highest BCUT2D eigenvalue weighted by molar-refractivity contribution is 5.83. The average molecular weight is 295 g/mol. The standard InChI is InChI=1S/C17H33N3O/c1-3-8-17(9-7-10-18-14-17)16(21)19-15(2)13-20-11-5-4-6-12-20/h15,18H,3-14H2,1-2H3,(H,19,21). The zero-order valence-corrected chi connectivity index (χ0v) is 13.9. The van der Waals surface area contributed by atoms with Crippen LogP contribution in [-0.4, -0.2) is 49.6 Å². The topological polar surface area (TPSA) is 44.4 Å². The predicted molar refractivity (Wildman–Crippen MR) is 87.3 cm³/mol. The molecule has 2 aliphatic rings. The molecular formula is C17H33N3O. The van der Waals surface area contributed by atoms with Gasteiger partial charge in [-0.2, -0.15) is 0 Å². The lowest BCUT2D eigenvalue weighted by Crippen LogP contribution is -2.54. The molecule has 21 heavy (non-hydrogen) atoms. The molecule has 122 valence electrons. The van der Waals surface area contributed by atoms with Gasteiger partial charge in [0, 0.05) is 19.1 Å². The molecule has 2 saturated heterocycles. The Kier molecular flexibility index (Phi) is 6.49. The second-order valence-corrected chi connectivity index (χ2v) is 7.05. The number of carbonyl (C=O) groups is 1. The maximum absolute atomic E-state index is 12.8. The summed E-state index contributed by atoms with van der Waals surface area (Å²) in [5.41, 5.74) is -0.164. The molecular weight excluding hydrogens is 262 g/mol. The minimum absolute atomic E-state index is 0.164. The number of nitrogens with zero attached hydrogens (tertiary/aromatic N) is 1. The van der Waals surface area contributed by atoms with Crippen LogP contribution in [0, 0.1) is 5.41 Å². The molecule has 0 aromatic rings. The highest BCUT2D eigenvalue weighted by Crippen LogP contribution is 2.32. The first-order chi connectivity index (χ1) is 10.2. The molecule has 0 saturated carbocycles. The van der Waals surface area contributed by atoms with Crippen molar-refractivity contribution >= 4 is 5.91 Å². The van der Waals surface area contributed by atoms with Crippen molar-refractivity contribution in [1.82, 2.24) is 15.5 Å². The van der Waals surface area contributed by atoms with Gasteiger partial charge in [-0.3, -0.25) is 4.79 Å². The minimum Gasteiger partial charge on any atom is -0.352 e. The fraction of sp³-hybridized carbons (Fsp3) is 0.941. The van der Waals surface area contributed by atoms with Gasteiger partial charge in [0.25, 0.3) is 0 Å². The quantitative estimate of drug-likeness (QED) is 0.789. The summed E-state index contributed by atoms with van der Waals surface area (Å²) in [4.78, 5) is 15.3. The summed E-state index contributed by atoms with van der Waals surface area (Å²) in [7, 11) is 0. The first-order valence-corrected chi connectivity index (χ1v) is 8.90. The van der Waals surface area contributed by atoms with Crippen molar-refractivity contribution in [2.24, 2.45) is 5.41 Å². The third kappa shape index (κ3) is 4.68. The SMILES string of the molecule is CCCC1(C(=O)NC(C)CN2CCCCC2)CCCNC1. The number of carbonyl (C=O) groups excluding carboxylic acids is 1. The van der Waals surface area contributed by atoms with Crippen molar-refractivity contribution < 1.29 is 4.79 Å². The van der Waals surface area contributed by atoms with Gasteiger partial charge in [0.2, 0.25) is 5.91 Å². The molecule has 2 aliphatic heterocycles. The summed E-state index contributed by atoms with van der Waals surface area (Å²) in [5.74, 6) is 0.279. The molecule has 4 nitrogen and oxygen atoms in total. The van der Waals surface area contributed by atoms with Gasteiger partial charge in [-0.15, -0.1) is 0 Å². The second-order valence-electron chi connectivity index (χ2n) is 7.05. The van der Waals surface area contributed by atoms with Crippen LogP contribution in [0.25, 0.3) is 0 Å². The lowest BCUT2D eigenvalue weighted by atomic mass is 9.76. The van der Waals surface area contributed by atoms with Crippen molar-refractivity contribution in [3.63, 3.8) is 0 Å². The van der Waals surface area contributed by atoms with Crippen molar-refractivity contribution in [1.29, 1.82) is 0 Å². The third-order valence-electron chi connectivity index (χ3n) is 5.04. The molecule has 2 unspecified atom stereocenters. The van der Waals surface area contributed by atoms with E-state index >= 15 is 0 Å². The monoisotopic (exact) mass is 295 g/mol. The molecule has 2 atom stereocenters. The Morgan fingerprint density at radius 1 is 1.29 bits per heavy atom. The van der Waals surface area contributed by atoms with E-state index < -0.39 is 0 Å². The molecule has 1 amide bonds. The number of amides is 1. The molecule has 0 bridgehead atoms. The molecule has 0 aromatic heterocycles. The fourth-order valence-corrected chi connectivity index (χ4v) is 3.92. The van der Waals surface area contributed by atoms with Crippen LogP contribution >= 0.6 is 0 Å². The Bertz CT molecular complexity index is 314. The van der Waals surface area contributed by atoms with Crippen LogP contribution in [0.2, 0.25) is 0 Å². The van der Waals surface area contributed by atoms with E-state index in [1.165, 1.54) is 32.4 Å². The number of likely N-dealkylation sites (tertiary alicyclic amines) is 1. The van der Waals surface area contributed by atoms with Crippen molar-refractivity contribution in [3.05, 3.63) is 0 Å². The molecule has 0 spiro atoms. The van der Waals surface area contributed by atoms with E-state index in [1.807, 2.05) is 0 Å². The van der Waals surface area contributed by atoms with Crippen LogP contribution in [0.1, 0.15) is 58.8 Å². The predicted octanol–water partition coefficient (Wildman–Crippen LogP) is 2.15. The highest BCUT2D eigenvalue weighted by atomic mass is 16.2. The summed E-state index contributed by atoms with van der Waals surface area (Å²) in [5, 5.41) is 6.73. The minimum atomic E-state index is -0.164. The summed E-state index contributed by atoms with van der Waals surface area (Å²) >= 11 is 0. The lowest BCUT2D eigenvalue weighted by molar-refractivity contribution is -0.133. The van der Waals surface area contributed by atoms with Gasteiger partial charge in [-0.25, -0.2) is 0 Å². The molecule has 2 rings (SSSR count). The third-order valence-corrected chi connectivity index (χ3v) is 5.04.